The monoisotopic (exact) mass is 260 g/mol. The van der Waals surface area contributed by atoms with E-state index in [1.54, 1.807) is 6.92 Å². The van der Waals surface area contributed by atoms with E-state index in [4.69, 9.17) is 9.47 Å². The van der Waals surface area contributed by atoms with Gasteiger partial charge >= 0.3 is 6.09 Å². The van der Waals surface area contributed by atoms with E-state index in [-0.39, 0.29) is 12.6 Å². The molecule has 6 heteroatoms. The lowest BCUT2D eigenvalue weighted by Crippen LogP contribution is -2.47. The quantitative estimate of drug-likeness (QED) is 0.678. The molecule has 1 unspecified atom stereocenters. The van der Waals surface area contributed by atoms with E-state index < -0.39 is 17.7 Å². The van der Waals surface area contributed by atoms with Crippen LogP contribution >= 0.6 is 0 Å². The van der Waals surface area contributed by atoms with Crippen LogP contribution in [0.1, 0.15) is 40.5 Å². The minimum atomic E-state index is -0.661. The predicted octanol–water partition coefficient (Wildman–Crippen LogP) is 1.40. The molecule has 0 aromatic heterocycles. The molecule has 2 N–H and O–H groups in total. The summed E-state index contributed by atoms with van der Waals surface area (Å²) in [5, 5.41) is 4.98. The van der Waals surface area contributed by atoms with Gasteiger partial charge in [0.15, 0.2) is 0 Å². The molecular weight excluding hydrogens is 236 g/mol. The first kappa shape index (κ1) is 16.7. The lowest BCUT2D eigenvalue weighted by molar-refractivity contribution is -0.124. The van der Waals surface area contributed by atoms with Crippen molar-refractivity contribution in [2.75, 3.05) is 13.8 Å². The number of carbonyl (C=O) groups is 2. The standard InChI is InChI=1S/C12H24N2O4/c1-6-12(4,7-2)18-11(16)14-9(3)10(15)13-8-17-5/h9H,6-8H2,1-5H3,(H,13,15)(H,14,16). The van der Waals surface area contributed by atoms with Crippen molar-refractivity contribution in [2.24, 2.45) is 0 Å². The minimum Gasteiger partial charge on any atom is -0.443 e. The van der Waals surface area contributed by atoms with Gasteiger partial charge in [0.2, 0.25) is 5.91 Å². The van der Waals surface area contributed by atoms with Crippen molar-refractivity contribution < 1.29 is 19.1 Å². The summed E-state index contributed by atoms with van der Waals surface area (Å²) in [5.74, 6) is -0.316. The Kier molecular flexibility index (Phi) is 7.35. The van der Waals surface area contributed by atoms with Crippen molar-refractivity contribution in [3.8, 4) is 0 Å². The van der Waals surface area contributed by atoms with Gasteiger partial charge in [0, 0.05) is 7.11 Å². The van der Waals surface area contributed by atoms with Gasteiger partial charge in [-0.25, -0.2) is 4.79 Å². The maximum absolute atomic E-state index is 11.6. The van der Waals surface area contributed by atoms with Crippen LogP contribution in [0.15, 0.2) is 0 Å². The summed E-state index contributed by atoms with van der Waals surface area (Å²) < 4.78 is 10.0. The molecule has 106 valence electrons. The second kappa shape index (κ2) is 7.92. The smallest absolute Gasteiger partial charge is 0.408 e. The van der Waals surface area contributed by atoms with Crippen LogP contribution in [0.4, 0.5) is 4.79 Å². The summed E-state index contributed by atoms with van der Waals surface area (Å²) in [4.78, 5) is 23.1. The fourth-order valence-corrected chi connectivity index (χ4v) is 1.19. The lowest BCUT2D eigenvalue weighted by Gasteiger charge is -2.27. The van der Waals surface area contributed by atoms with Crippen molar-refractivity contribution in [1.82, 2.24) is 10.6 Å². The topological polar surface area (TPSA) is 76.7 Å². The summed E-state index contributed by atoms with van der Waals surface area (Å²) in [6.07, 6.45) is 0.865. The van der Waals surface area contributed by atoms with Crippen LogP contribution in [-0.4, -0.2) is 37.5 Å². The van der Waals surface area contributed by atoms with Gasteiger partial charge in [-0.3, -0.25) is 4.79 Å². The van der Waals surface area contributed by atoms with Gasteiger partial charge in [-0.15, -0.1) is 0 Å². The average Bonchev–Trinajstić information content (AvgIpc) is 2.35. The van der Waals surface area contributed by atoms with Gasteiger partial charge < -0.3 is 20.1 Å². The first-order chi connectivity index (χ1) is 8.38. The molecule has 0 aromatic rings. The van der Waals surface area contributed by atoms with Crippen molar-refractivity contribution >= 4 is 12.0 Å². The molecule has 0 aliphatic heterocycles. The lowest BCUT2D eigenvalue weighted by atomic mass is 10.0. The molecule has 0 bridgehead atoms. The third kappa shape index (κ3) is 5.86. The Bertz CT molecular complexity index is 277. The van der Waals surface area contributed by atoms with E-state index in [1.807, 2.05) is 20.8 Å². The maximum Gasteiger partial charge on any atom is 0.408 e. The summed E-state index contributed by atoms with van der Waals surface area (Å²) in [6.45, 7) is 7.46. The highest BCUT2D eigenvalue weighted by Crippen LogP contribution is 2.19. The van der Waals surface area contributed by atoms with Gasteiger partial charge in [0.05, 0.1) is 0 Å². The number of rotatable bonds is 7. The average molecular weight is 260 g/mol. The van der Waals surface area contributed by atoms with Crippen molar-refractivity contribution in [2.45, 2.75) is 52.2 Å². The number of alkyl carbamates (subject to hydrolysis) is 1. The van der Waals surface area contributed by atoms with Gasteiger partial charge in [-0.1, -0.05) is 13.8 Å². The van der Waals surface area contributed by atoms with Crippen molar-refractivity contribution in [1.29, 1.82) is 0 Å². The normalized spacial score (nSPS) is 12.7. The Morgan fingerprint density at radius 3 is 2.28 bits per heavy atom. The third-order valence-electron chi connectivity index (χ3n) is 2.95. The van der Waals surface area contributed by atoms with E-state index >= 15 is 0 Å². The van der Waals surface area contributed by atoms with Crippen LogP contribution in [-0.2, 0) is 14.3 Å². The molecule has 18 heavy (non-hydrogen) atoms. The van der Waals surface area contributed by atoms with E-state index in [2.05, 4.69) is 10.6 Å². The second-order valence-electron chi connectivity index (χ2n) is 4.39. The molecule has 0 spiro atoms. The maximum atomic E-state index is 11.6. The minimum absolute atomic E-state index is 0.113. The number of nitrogens with one attached hydrogen (secondary N) is 2. The molecule has 0 fully saturated rings. The van der Waals surface area contributed by atoms with Crippen LogP contribution in [0.3, 0.4) is 0 Å². The van der Waals surface area contributed by atoms with Crippen molar-refractivity contribution in [3.05, 3.63) is 0 Å². The molecule has 0 aliphatic rings. The van der Waals surface area contributed by atoms with E-state index in [9.17, 15) is 9.59 Å². The van der Waals surface area contributed by atoms with Gasteiger partial charge in [0.25, 0.3) is 0 Å². The fourth-order valence-electron chi connectivity index (χ4n) is 1.19. The van der Waals surface area contributed by atoms with Crippen LogP contribution in [0.5, 0.6) is 0 Å². The molecular formula is C12H24N2O4. The Labute approximate surface area is 108 Å². The molecule has 0 heterocycles. The largest absolute Gasteiger partial charge is 0.443 e. The zero-order chi connectivity index (χ0) is 14.2. The number of carbonyl (C=O) groups excluding carboxylic acids is 2. The highest BCUT2D eigenvalue weighted by Gasteiger charge is 2.26. The van der Waals surface area contributed by atoms with Gasteiger partial charge in [-0.2, -0.15) is 0 Å². The number of amides is 2. The molecule has 2 amide bonds. The first-order valence-electron chi connectivity index (χ1n) is 6.14. The zero-order valence-electron chi connectivity index (χ0n) is 11.8. The molecule has 0 aromatic carbocycles. The van der Waals surface area contributed by atoms with Crippen LogP contribution in [0.25, 0.3) is 0 Å². The molecule has 0 radical (unpaired) electrons. The Balaban J connectivity index is 4.19. The Hall–Kier alpha value is -1.30. The number of methoxy groups -OCH3 is 1. The van der Waals surface area contributed by atoms with E-state index in [1.165, 1.54) is 7.11 Å². The van der Waals surface area contributed by atoms with Crippen molar-refractivity contribution in [3.63, 3.8) is 0 Å². The van der Waals surface area contributed by atoms with Gasteiger partial charge in [0.1, 0.15) is 18.4 Å². The van der Waals surface area contributed by atoms with Crippen LogP contribution in [0, 0.1) is 0 Å². The molecule has 0 aliphatic carbocycles. The molecule has 0 rings (SSSR count). The third-order valence-corrected chi connectivity index (χ3v) is 2.95. The number of hydrogen-bond donors (Lipinski definition) is 2. The summed E-state index contributed by atoms with van der Waals surface area (Å²) in [7, 11) is 1.47. The van der Waals surface area contributed by atoms with E-state index in [0.29, 0.717) is 0 Å². The van der Waals surface area contributed by atoms with Crippen LogP contribution in [0.2, 0.25) is 0 Å². The number of ether oxygens (including phenoxy) is 2. The zero-order valence-corrected chi connectivity index (χ0v) is 11.8. The second-order valence-corrected chi connectivity index (χ2v) is 4.39. The highest BCUT2D eigenvalue weighted by molar-refractivity contribution is 5.85. The fraction of sp³-hybridized carbons (Fsp3) is 0.833. The molecule has 0 saturated carbocycles. The number of hydrogen-bond acceptors (Lipinski definition) is 4. The van der Waals surface area contributed by atoms with E-state index in [0.717, 1.165) is 12.8 Å². The SMILES string of the molecule is CCC(C)(CC)OC(=O)NC(C)C(=O)NCOC. The summed E-state index contributed by atoms with van der Waals surface area (Å²) in [6, 6.07) is -0.661. The molecule has 1 atom stereocenters. The first-order valence-corrected chi connectivity index (χ1v) is 6.14. The predicted molar refractivity (Wildman–Crippen MR) is 68.1 cm³/mol. The summed E-state index contributed by atoms with van der Waals surface area (Å²) in [5.41, 5.74) is -0.493. The Morgan fingerprint density at radius 2 is 1.83 bits per heavy atom. The summed E-state index contributed by atoms with van der Waals surface area (Å²) >= 11 is 0. The molecule has 0 saturated heterocycles. The van der Waals surface area contributed by atoms with Gasteiger partial charge in [-0.05, 0) is 26.7 Å². The van der Waals surface area contributed by atoms with Crippen LogP contribution < -0.4 is 10.6 Å². The Morgan fingerprint density at radius 1 is 1.28 bits per heavy atom. The highest BCUT2D eigenvalue weighted by atomic mass is 16.6. The molecule has 6 nitrogen and oxygen atoms in total.